The lowest BCUT2D eigenvalue weighted by Gasteiger charge is -2.24. The van der Waals surface area contributed by atoms with Crippen molar-refractivity contribution in [2.45, 2.75) is 20.3 Å². The molecule has 0 aliphatic heterocycles. The molecule has 0 atom stereocenters. The SMILES string of the molecule is CNCC(C)(C)Cc1cccc(OC)c1. The highest BCUT2D eigenvalue weighted by atomic mass is 16.5. The summed E-state index contributed by atoms with van der Waals surface area (Å²) in [5.74, 6) is 0.938. The molecular weight excluding hydrogens is 186 g/mol. The normalized spacial score (nSPS) is 11.5. The highest BCUT2D eigenvalue weighted by molar-refractivity contribution is 5.29. The Kier molecular flexibility index (Phi) is 4.15. The molecule has 15 heavy (non-hydrogen) atoms. The molecule has 1 aromatic carbocycles. The summed E-state index contributed by atoms with van der Waals surface area (Å²) in [4.78, 5) is 0. The maximum atomic E-state index is 5.21. The second-order valence-electron chi connectivity index (χ2n) is 4.72. The lowest BCUT2D eigenvalue weighted by molar-refractivity contribution is 0.349. The predicted octanol–water partition coefficient (Wildman–Crippen LogP) is 2.48. The third kappa shape index (κ3) is 3.92. The number of benzene rings is 1. The highest BCUT2D eigenvalue weighted by Gasteiger charge is 2.17. The van der Waals surface area contributed by atoms with Crippen LogP contribution in [0.3, 0.4) is 0 Å². The van der Waals surface area contributed by atoms with E-state index in [0.717, 1.165) is 18.7 Å². The van der Waals surface area contributed by atoms with Gasteiger partial charge in [0.15, 0.2) is 0 Å². The van der Waals surface area contributed by atoms with Gasteiger partial charge in [0.05, 0.1) is 7.11 Å². The molecule has 1 aromatic rings. The van der Waals surface area contributed by atoms with Crippen LogP contribution in [-0.4, -0.2) is 20.7 Å². The topological polar surface area (TPSA) is 21.3 Å². The first kappa shape index (κ1) is 12.1. The molecule has 0 unspecified atom stereocenters. The average molecular weight is 207 g/mol. The summed E-state index contributed by atoms with van der Waals surface area (Å²) >= 11 is 0. The fourth-order valence-corrected chi connectivity index (χ4v) is 1.88. The fourth-order valence-electron chi connectivity index (χ4n) is 1.88. The molecule has 0 bridgehead atoms. The van der Waals surface area contributed by atoms with Gasteiger partial charge in [0, 0.05) is 6.54 Å². The Hall–Kier alpha value is -1.02. The van der Waals surface area contributed by atoms with Crippen LogP contribution in [0.25, 0.3) is 0 Å². The molecule has 84 valence electrons. The first-order valence-electron chi connectivity index (χ1n) is 5.35. The Morgan fingerprint density at radius 3 is 2.67 bits per heavy atom. The minimum atomic E-state index is 0.279. The van der Waals surface area contributed by atoms with Gasteiger partial charge < -0.3 is 10.1 Å². The van der Waals surface area contributed by atoms with Crippen LogP contribution < -0.4 is 10.1 Å². The zero-order valence-electron chi connectivity index (χ0n) is 10.1. The second kappa shape index (κ2) is 5.17. The highest BCUT2D eigenvalue weighted by Crippen LogP contribution is 2.23. The number of hydrogen-bond acceptors (Lipinski definition) is 2. The lowest BCUT2D eigenvalue weighted by atomic mass is 9.86. The van der Waals surface area contributed by atoms with Gasteiger partial charge in [-0.15, -0.1) is 0 Å². The van der Waals surface area contributed by atoms with Gasteiger partial charge >= 0.3 is 0 Å². The van der Waals surface area contributed by atoms with Crippen molar-refractivity contribution in [2.24, 2.45) is 5.41 Å². The van der Waals surface area contributed by atoms with Crippen molar-refractivity contribution in [2.75, 3.05) is 20.7 Å². The number of ether oxygens (including phenoxy) is 1. The molecule has 0 aliphatic carbocycles. The van der Waals surface area contributed by atoms with Gasteiger partial charge in [0.2, 0.25) is 0 Å². The molecule has 1 rings (SSSR count). The maximum Gasteiger partial charge on any atom is 0.119 e. The smallest absolute Gasteiger partial charge is 0.119 e. The van der Waals surface area contributed by atoms with Crippen LogP contribution in [-0.2, 0) is 6.42 Å². The first-order chi connectivity index (χ1) is 7.07. The average Bonchev–Trinajstić information content (AvgIpc) is 2.17. The van der Waals surface area contributed by atoms with Crippen molar-refractivity contribution in [1.82, 2.24) is 5.32 Å². The molecule has 2 heteroatoms. The monoisotopic (exact) mass is 207 g/mol. The molecule has 2 nitrogen and oxygen atoms in total. The van der Waals surface area contributed by atoms with E-state index in [0.29, 0.717) is 0 Å². The van der Waals surface area contributed by atoms with Gasteiger partial charge in [-0.3, -0.25) is 0 Å². The van der Waals surface area contributed by atoms with Gasteiger partial charge in [0.1, 0.15) is 5.75 Å². The number of hydrogen-bond donors (Lipinski definition) is 1. The van der Waals surface area contributed by atoms with Crippen LogP contribution >= 0.6 is 0 Å². The van der Waals surface area contributed by atoms with Crippen molar-refractivity contribution >= 4 is 0 Å². The van der Waals surface area contributed by atoms with Crippen LogP contribution in [0, 0.1) is 5.41 Å². The van der Waals surface area contributed by atoms with Crippen LogP contribution in [0.15, 0.2) is 24.3 Å². The van der Waals surface area contributed by atoms with Gasteiger partial charge in [-0.05, 0) is 36.6 Å². The molecule has 0 saturated carbocycles. The summed E-state index contributed by atoms with van der Waals surface area (Å²) < 4.78 is 5.21. The van der Waals surface area contributed by atoms with Crippen molar-refractivity contribution in [3.8, 4) is 5.75 Å². The summed E-state index contributed by atoms with van der Waals surface area (Å²) in [6, 6.07) is 8.29. The third-order valence-electron chi connectivity index (χ3n) is 2.47. The Bertz CT molecular complexity index is 307. The Morgan fingerprint density at radius 1 is 1.33 bits per heavy atom. The quantitative estimate of drug-likeness (QED) is 0.801. The van der Waals surface area contributed by atoms with E-state index in [2.05, 4.69) is 31.3 Å². The zero-order chi connectivity index (χ0) is 11.3. The summed E-state index contributed by atoms with van der Waals surface area (Å²) in [6.07, 6.45) is 1.06. The van der Waals surface area contributed by atoms with Gasteiger partial charge in [-0.25, -0.2) is 0 Å². The van der Waals surface area contributed by atoms with E-state index in [-0.39, 0.29) is 5.41 Å². The van der Waals surface area contributed by atoms with E-state index in [1.54, 1.807) is 7.11 Å². The second-order valence-corrected chi connectivity index (χ2v) is 4.72. The minimum Gasteiger partial charge on any atom is -0.497 e. The summed E-state index contributed by atoms with van der Waals surface area (Å²) in [6.45, 7) is 5.55. The molecule has 0 radical (unpaired) electrons. The van der Waals surface area contributed by atoms with Crippen molar-refractivity contribution < 1.29 is 4.74 Å². The maximum absolute atomic E-state index is 5.21. The molecule has 0 spiro atoms. The van der Waals surface area contributed by atoms with E-state index in [1.807, 2.05) is 19.2 Å². The molecule has 0 aromatic heterocycles. The van der Waals surface area contributed by atoms with Crippen LogP contribution in [0.1, 0.15) is 19.4 Å². The van der Waals surface area contributed by atoms with Crippen LogP contribution in [0.2, 0.25) is 0 Å². The lowest BCUT2D eigenvalue weighted by Crippen LogP contribution is -2.28. The van der Waals surface area contributed by atoms with Crippen molar-refractivity contribution in [3.63, 3.8) is 0 Å². The predicted molar refractivity (Wildman–Crippen MR) is 64.4 cm³/mol. The summed E-state index contributed by atoms with van der Waals surface area (Å²) in [5.41, 5.74) is 1.61. The fraction of sp³-hybridized carbons (Fsp3) is 0.538. The van der Waals surface area contributed by atoms with Crippen molar-refractivity contribution in [3.05, 3.63) is 29.8 Å². The van der Waals surface area contributed by atoms with Crippen LogP contribution in [0.5, 0.6) is 5.75 Å². The largest absolute Gasteiger partial charge is 0.497 e. The van der Waals surface area contributed by atoms with E-state index >= 15 is 0 Å². The van der Waals surface area contributed by atoms with Gasteiger partial charge in [-0.2, -0.15) is 0 Å². The van der Waals surface area contributed by atoms with Crippen LogP contribution in [0.4, 0.5) is 0 Å². The molecule has 0 heterocycles. The number of methoxy groups -OCH3 is 1. The minimum absolute atomic E-state index is 0.279. The summed E-state index contributed by atoms with van der Waals surface area (Å²) in [5, 5.41) is 3.23. The van der Waals surface area contributed by atoms with E-state index in [9.17, 15) is 0 Å². The number of nitrogens with one attached hydrogen (secondary N) is 1. The first-order valence-corrected chi connectivity index (χ1v) is 5.35. The van der Waals surface area contributed by atoms with Gasteiger partial charge in [0.25, 0.3) is 0 Å². The Balaban J connectivity index is 2.71. The Labute approximate surface area is 92.6 Å². The molecule has 0 fully saturated rings. The van der Waals surface area contributed by atoms with E-state index < -0.39 is 0 Å². The Morgan fingerprint density at radius 2 is 2.07 bits per heavy atom. The molecule has 1 N–H and O–H groups in total. The van der Waals surface area contributed by atoms with E-state index in [1.165, 1.54) is 5.56 Å². The molecule has 0 amide bonds. The van der Waals surface area contributed by atoms with Gasteiger partial charge in [-0.1, -0.05) is 26.0 Å². The number of rotatable bonds is 5. The summed E-state index contributed by atoms with van der Waals surface area (Å²) in [7, 11) is 3.70. The molecule has 0 saturated heterocycles. The van der Waals surface area contributed by atoms with Crippen molar-refractivity contribution in [1.29, 1.82) is 0 Å². The zero-order valence-corrected chi connectivity index (χ0v) is 10.1. The third-order valence-corrected chi connectivity index (χ3v) is 2.47. The molecular formula is C13H21NO. The van der Waals surface area contributed by atoms with E-state index in [4.69, 9.17) is 4.74 Å². The standard InChI is InChI=1S/C13H21NO/c1-13(2,10-14-3)9-11-6-5-7-12(8-11)15-4/h5-8,14H,9-10H2,1-4H3. The molecule has 0 aliphatic rings.